The average Bonchev–Trinajstić information content (AvgIpc) is 3.00. The molecule has 1 aromatic rings. The minimum atomic E-state index is -0.707. The van der Waals surface area contributed by atoms with Crippen LogP contribution in [0.25, 0.3) is 18.2 Å². The second kappa shape index (κ2) is 11.0. The maximum atomic E-state index is 13.4. The minimum absolute atomic E-state index is 0.204. The Kier molecular flexibility index (Phi) is 9.06. The van der Waals surface area contributed by atoms with E-state index in [1.165, 1.54) is 6.08 Å². The minimum Gasteiger partial charge on any atom is -0.358 e. The Labute approximate surface area is 160 Å². The van der Waals surface area contributed by atoms with Crippen molar-refractivity contribution in [2.24, 2.45) is 9.98 Å². The Balaban J connectivity index is 3.51. The fourth-order valence-electron chi connectivity index (χ4n) is 2.66. The molecule has 0 amide bonds. The molecule has 0 aliphatic heterocycles. The fraction of sp³-hybridized carbons (Fsp3) is 0.318. The summed E-state index contributed by atoms with van der Waals surface area (Å²) in [7, 11) is 1.73. The lowest BCUT2D eigenvalue weighted by atomic mass is 10.0. The monoisotopic (exact) mass is 368 g/mol. The fourth-order valence-corrected chi connectivity index (χ4v) is 2.66. The first kappa shape index (κ1) is 22.2. The van der Waals surface area contributed by atoms with Gasteiger partial charge in [-0.05, 0) is 43.7 Å². The molecule has 1 heterocycles. The SMILES string of the molecule is C=N/C(F)=C\C(=C/C)C(=N)/C=C\c1c(C(C)C)[nH]c(=C/C=NC)/c1=C\CC. The molecule has 0 unspecified atom stereocenters. The first-order valence-corrected chi connectivity index (χ1v) is 9.01. The van der Waals surface area contributed by atoms with E-state index in [1.807, 2.05) is 12.2 Å². The van der Waals surface area contributed by atoms with Gasteiger partial charge in [-0.1, -0.05) is 39.0 Å². The molecule has 144 valence electrons. The molecule has 0 saturated heterocycles. The summed E-state index contributed by atoms with van der Waals surface area (Å²) in [4.78, 5) is 10.7. The predicted molar refractivity (Wildman–Crippen MR) is 117 cm³/mol. The van der Waals surface area contributed by atoms with Gasteiger partial charge < -0.3 is 10.4 Å². The molecular formula is C22H29FN4. The second-order valence-corrected chi connectivity index (χ2v) is 6.24. The zero-order valence-electron chi connectivity index (χ0n) is 16.8. The van der Waals surface area contributed by atoms with Crippen molar-refractivity contribution in [3.63, 3.8) is 0 Å². The molecule has 0 aliphatic rings. The summed E-state index contributed by atoms with van der Waals surface area (Å²) in [6, 6.07) is 0. The Morgan fingerprint density at radius 2 is 2.07 bits per heavy atom. The van der Waals surface area contributed by atoms with E-state index in [2.05, 4.69) is 48.5 Å². The van der Waals surface area contributed by atoms with Crippen LogP contribution in [0.3, 0.4) is 0 Å². The van der Waals surface area contributed by atoms with E-state index in [0.29, 0.717) is 5.57 Å². The summed E-state index contributed by atoms with van der Waals surface area (Å²) in [6.45, 7) is 11.2. The summed E-state index contributed by atoms with van der Waals surface area (Å²) >= 11 is 0. The van der Waals surface area contributed by atoms with Crippen molar-refractivity contribution in [3.05, 3.63) is 51.6 Å². The molecule has 0 atom stereocenters. The van der Waals surface area contributed by atoms with Crippen LogP contribution in [0, 0.1) is 5.41 Å². The molecule has 1 aromatic heterocycles. The Hall–Kier alpha value is -2.82. The Morgan fingerprint density at radius 1 is 1.37 bits per heavy atom. The maximum absolute atomic E-state index is 13.4. The lowest BCUT2D eigenvalue weighted by Gasteiger charge is -2.04. The van der Waals surface area contributed by atoms with Crippen LogP contribution in [0.4, 0.5) is 4.39 Å². The summed E-state index contributed by atoms with van der Waals surface area (Å²) in [6.07, 6.45) is 13.2. The quantitative estimate of drug-likeness (QED) is 0.390. The van der Waals surface area contributed by atoms with Crippen molar-refractivity contribution in [3.8, 4) is 0 Å². The van der Waals surface area contributed by atoms with Gasteiger partial charge in [0, 0.05) is 41.2 Å². The molecule has 0 aromatic carbocycles. The van der Waals surface area contributed by atoms with Crippen LogP contribution in [0.15, 0.2) is 39.7 Å². The van der Waals surface area contributed by atoms with Gasteiger partial charge in [0.15, 0.2) is 0 Å². The molecule has 1 rings (SSSR count). The number of nitrogens with zero attached hydrogens (tertiary/aromatic N) is 2. The highest BCUT2D eigenvalue weighted by atomic mass is 19.1. The van der Waals surface area contributed by atoms with E-state index in [9.17, 15) is 4.39 Å². The van der Waals surface area contributed by atoms with Crippen LogP contribution in [0.2, 0.25) is 0 Å². The molecule has 0 radical (unpaired) electrons. The van der Waals surface area contributed by atoms with Gasteiger partial charge in [-0.25, -0.2) is 4.99 Å². The smallest absolute Gasteiger partial charge is 0.212 e. The Bertz CT molecular complexity index is 909. The zero-order valence-corrected chi connectivity index (χ0v) is 16.8. The number of hydrogen-bond acceptors (Lipinski definition) is 3. The molecule has 4 nitrogen and oxygen atoms in total. The normalized spacial score (nSPS) is 14.9. The highest BCUT2D eigenvalue weighted by Gasteiger charge is 2.10. The largest absolute Gasteiger partial charge is 0.358 e. The number of halogens is 1. The number of allylic oxidation sites excluding steroid dienone is 4. The number of aliphatic imine (C=N–C) groups is 2. The summed E-state index contributed by atoms with van der Waals surface area (Å²) < 4.78 is 13.4. The lowest BCUT2D eigenvalue weighted by Crippen LogP contribution is -2.24. The van der Waals surface area contributed by atoms with Gasteiger partial charge in [-0.2, -0.15) is 4.39 Å². The number of aromatic amines is 1. The lowest BCUT2D eigenvalue weighted by molar-refractivity contribution is 0.630. The van der Waals surface area contributed by atoms with Crippen molar-refractivity contribution in [2.75, 3.05) is 7.05 Å². The third kappa shape index (κ3) is 6.13. The highest BCUT2D eigenvalue weighted by Crippen LogP contribution is 2.15. The first-order chi connectivity index (χ1) is 12.9. The van der Waals surface area contributed by atoms with Crippen LogP contribution < -0.4 is 10.6 Å². The number of H-pyrrole nitrogens is 1. The summed E-state index contributed by atoms with van der Waals surface area (Å²) in [5.41, 5.74) is 2.78. The van der Waals surface area contributed by atoms with Crippen molar-refractivity contribution >= 4 is 36.9 Å². The van der Waals surface area contributed by atoms with Gasteiger partial charge in [-0.15, -0.1) is 0 Å². The van der Waals surface area contributed by atoms with E-state index >= 15 is 0 Å². The van der Waals surface area contributed by atoms with Crippen molar-refractivity contribution in [1.82, 2.24) is 4.98 Å². The van der Waals surface area contributed by atoms with Gasteiger partial charge in [0.2, 0.25) is 5.95 Å². The number of rotatable bonds is 8. The molecule has 0 spiro atoms. The third-order valence-electron chi connectivity index (χ3n) is 3.98. The number of aromatic nitrogens is 1. The van der Waals surface area contributed by atoms with Crippen LogP contribution in [-0.2, 0) is 0 Å². The molecule has 0 bridgehead atoms. The van der Waals surface area contributed by atoms with Gasteiger partial charge in [0.05, 0.1) is 5.71 Å². The summed E-state index contributed by atoms with van der Waals surface area (Å²) in [5, 5.41) is 10.3. The van der Waals surface area contributed by atoms with Gasteiger partial charge in [0.1, 0.15) is 0 Å². The third-order valence-corrected chi connectivity index (χ3v) is 3.98. The van der Waals surface area contributed by atoms with E-state index < -0.39 is 5.95 Å². The molecule has 0 aliphatic carbocycles. The van der Waals surface area contributed by atoms with E-state index in [1.54, 1.807) is 32.3 Å². The average molecular weight is 369 g/mol. The topological polar surface area (TPSA) is 64.4 Å². The number of nitrogens with one attached hydrogen (secondary N) is 2. The van der Waals surface area contributed by atoms with Crippen LogP contribution in [0.5, 0.6) is 0 Å². The predicted octanol–water partition coefficient (Wildman–Crippen LogP) is 4.30. The van der Waals surface area contributed by atoms with E-state index in [4.69, 9.17) is 5.41 Å². The molecule has 27 heavy (non-hydrogen) atoms. The van der Waals surface area contributed by atoms with Crippen LogP contribution in [0.1, 0.15) is 51.3 Å². The molecular weight excluding hydrogens is 339 g/mol. The Morgan fingerprint density at radius 3 is 2.59 bits per heavy atom. The highest BCUT2D eigenvalue weighted by molar-refractivity contribution is 6.10. The van der Waals surface area contributed by atoms with E-state index in [0.717, 1.165) is 28.2 Å². The van der Waals surface area contributed by atoms with Crippen molar-refractivity contribution < 1.29 is 4.39 Å². The molecule has 0 saturated carbocycles. The molecule has 2 N–H and O–H groups in total. The van der Waals surface area contributed by atoms with Crippen molar-refractivity contribution in [2.45, 2.75) is 40.0 Å². The standard InChI is InChI=1S/C22H29FN4/c1-7-9-17-18(22(15(3)4)27-20(17)12-13-25-5)10-11-19(24)16(8-2)14-21(23)26-6/h8-15,24,27H,6-7H2,1-5H3/b11-10-,16-8+,17-9-,20-12+,21-14-,24-19?,25-13?. The van der Waals surface area contributed by atoms with E-state index in [-0.39, 0.29) is 11.6 Å². The van der Waals surface area contributed by atoms with Crippen LogP contribution in [-0.4, -0.2) is 30.7 Å². The van der Waals surface area contributed by atoms with Gasteiger partial charge >= 0.3 is 0 Å². The number of hydrogen-bond donors (Lipinski definition) is 2. The van der Waals surface area contributed by atoms with Crippen molar-refractivity contribution in [1.29, 1.82) is 5.41 Å². The maximum Gasteiger partial charge on any atom is 0.212 e. The molecule has 5 heteroatoms. The van der Waals surface area contributed by atoms with Gasteiger partial charge in [0.25, 0.3) is 0 Å². The van der Waals surface area contributed by atoms with Crippen LogP contribution >= 0.6 is 0 Å². The molecule has 0 fully saturated rings. The first-order valence-electron chi connectivity index (χ1n) is 9.01. The second-order valence-electron chi connectivity index (χ2n) is 6.24. The van der Waals surface area contributed by atoms with Gasteiger partial charge in [-0.3, -0.25) is 4.99 Å². The summed E-state index contributed by atoms with van der Waals surface area (Å²) in [5.74, 6) is -0.423. The zero-order chi connectivity index (χ0) is 20.4.